The van der Waals surface area contributed by atoms with Gasteiger partial charge in [-0.3, -0.25) is 4.79 Å². The molecule has 1 aliphatic heterocycles. The van der Waals surface area contributed by atoms with Gasteiger partial charge in [-0.2, -0.15) is 0 Å². The molecule has 1 aromatic carbocycles. The van der Waals surface area contributed by atoms with Gasteiger partial charge >= 0.3 is 0 Å². The number of nitrogens with one attached hydrogen (secondary N) is 2. The van der Waals surface area contributed by atoms with Crippen molar-refractivity contribution in [2.75, 3.05) is 46.4 Å². The van der Waals surface area contributed by atoms with Crippen molar-refractivity contribution in [2.24, 2.45) is 5.14 Å². The van der Waals surface area contributed by atoms with E-state index in [4.69, 9.17) is 9.88 Å². The molecule has 0 radical (unpaired) electrons. The molecule has 0 aromatic heterocycles. The van der Waals surface area contributed by atoms with E-state index in [1.165, 1.54) is 25.3 Å². The lowest BCUT2D eigenvalue weighted by molar-refractivity contribution is 0.0948. The van der Waals surface area contributed by atoms with E-state index in [0.717, 1.165) is 39.1 Å². The molecule has 0 spiro atoms. The van der Waals surface area contributed by atoms with Gasteiger partial charge in [0.1, 0.15) is 5.75 Å². The highest BCUT2D eigenvalue weighted by Gasteiger charge is 2.17. The van der Waals surface area contributed by atoms with E-state index in [2.05, 4.69) is 15.5 Å². The number of amides is 1. The molecule has 0 aliphatic carbocycles. The number of benzene rings is 1. The number of hydrogen-bond acceptors (Lipinski definition) is 6. The minimum absolute atomic E-state index is 0. The summed E-state index contributed by atoms with van der Waals surface area (Å²) < 4.78 is 28.0. The molecule has 1 aliphatic rings. The second-order valence-electron chi connectivity index (χ2n) is 5.61. The zero-order chi connectivity index (χ0) is 17.6. The van der Waals surface area contributed by atoms with Gasteiger partial charge in [-0.25, -0.2) is 13.6 Å². The Balaban J connectivity index is 0.00000312. The summed E-state index contributed by atoms with van der Waals surface area (Å²) >= 11 is 0. The smallest absolute Gasteiger partial charge is 0.255 e. The zero-order valence-corrected chi connectivity index (χ0v) is 15.8. The normalized spacial score (nSPS) is 15.3. The van der Waals surface area contributed by atoms with Crippen molar-refractivity contribution in [3.63, 3.8) is 0 Å². The van der Waals surface area contributed by atoms with E-state index in [0.29, 0.717) is 12.3 Å². The van der Waals surface area contributed by atoms with Crippen molar-refractivity contribution < 1.29 is 17.9 Å². The summed E-state index contributed by atoms with van der Waals surface area (Å²) in [5.74, 6) is -0.0698. The summed E-state index contributed by atoms with van der Waals surface area (Å²) in [5.41, 5.74) is 0.159. The Morgan fingerprint density at radius 1 is 1.36 bits per heavy atom. The number of piperazine rings is 1. The van der Waals surface area contributed by atoms with Crippen LogP contribution in [0.25, 0.3) is 0 Å². The summed E-state index contributed by atoms with van der Waals surface area (Å²) in [5, 5.41) is 11.2. The average molecular weight is 393 g/mol. The van der Waals surface area contributed by atoms with Gasteiger partial charge in [-0.05, 0) is 31.2 Å². The number of hydrogen-bond donors (Lipinski definition) is 3. The summed E-state index contributed by atoms with van der Waals surface area (Å²) in [6.07, 6.45) is 0.822. The van der Waals surface area contributed by atoms with Gasteiger partial charge in [0.05, 0.1) is 17.6 Å². The Labute approximate surface area is 154 Å². The Morgan fingerprint density at radius 3 is 2.64 bits per heavy atom. The second-order valence-corrected chi connectivity index (χ2v) is 7.17. The van der Waals surface area contributed by atoms with Crippen LogP contribution in [-0.4, -0.2) is 65.6 Å². The van der Waals surface area contributed by atoms with Gasteiger partial charge in [0.2, 0.25) is 10.0 Å². The minimum Gasteiger partial charge on any atom is -0.496 e. The molecule has 8 nitrogen and oxygen atoms in total. The largest absolute Gasteiger partial charge is 0.496 e. The van der Waals surface area contributed by atoms with Gasteiger partial charge in [-0.1, -0.05) is 0 Å². The lowest BCUT2D eigenvalue weighted by atomic mass is 10.2. The number of nitrogens with zero attached hydrogens (tertiary/aromatic N) is 1. The third kappa shape index (κ3) is 6.44. The Hall–Kier alpha value is -1.39. The van der Waals surface area contributed by atoms with Crippen LogP contribution in [0.1, 0.15) is 16.8 Å². The first-order valence-corrected chi connectivity index (χ1v) is 9.38. The van der Waals surface area contributed by atoms with Crippen molar-refractivity contribution in [2.45, 2.75) is 11.3 Å². The molecule has 1 amide bonds. The molecule has 0 bridgehead atoms. The third-order valence-corrected chi connectivity index (χ3v) is 4.80. The van der Waals surface area contributed by atoms with Crippen LogP contribution in [0.2, 0.25) is 0 Å². The fraction of sp³-hybridized carbons (Fsp3) is 0.533. The maximum absolute atomic E-state index is 12.3. The summed E-state index contributed by atoms with van der Waals surface area (Å²) in [6.45, 7) is 5.42. The Kier molecular flexibility index (Phi) is 8.60. The first kappa shape index (κ1) is 21.7. The highest BCUT2D eigenvalue weighted by Crippen LogP contribution is 2.21. The quantitative estimate of drug-likeness (QED) is 0.553. The molecule has 0 atom stereocenters. The molecule has 0 unspecified atom stereocenters. The summed E-state index contributed by atoms with van der Waals surface area (Å²) in [4.78, 5) is 14.5. The molecule has 4 N–H and O–H groups in total. The predicted octanol–water partition coefficient (Wildman–Crippen LogP) is -0.210. The van der Waals surface area contributed by atoms with Gasteiger partial charge in [0.25, 0.3) is 5.91 Å². The van der Waals surface area contributed by atoms with Gasteiger partial charge in [-0.15, -0.1) is 12.4 Å². The zero-order valence-electron chi connectivity index (χ0n) is 14.2. The van der Waals surface area contributed by atoms with Crippen LogP contribution in [0.5, 0.6) is 5.75 Å². The SMILES string of the molecule is COc1ccc(S(N)(=O)=O)cc1C(=O)NCCCN1CCNCC1.Cl. The van der Waals surface area contributed by atoms with Crippen molar-refractivity contribution >= 4 is 28.3 Å². The lowest BCUT2D eigenvalue weighted by Gasteiger charge is -2.27. The molecule has 1 fully saturated rings. The molecule has 25 heavy (non-hydrogen) atoms. The number of ether oxygens (including phenoxy) is 1. The summed E-state index contributed by atoms with van der Waals surface area (Å²) in [6, 6.07) is 3.98. The number of halogens is 1. The van der Waals surface area contributed by atoms with Crippen LogP contribution in [-0.2, 0) is 10.0 Å². The fourth-order valence-corrected chi connectivity index (χ4v) is 3.12. The molecule has 0 saturated carbocycles. The van der Waals surface area contributed by atoms with E-state index < -0.39 is 10.0 Å². The van der Waals surface area contributed by atoms with Gasteiger partial charge < -0.3 is 20.3 Å². The van der Waals surface area contributed by atoms with E-state index in [-0.39, 0.29) is 28.8 Å². The molecule has 142 valence electrons. The third-order valence-electron chi connectivity index (χ3n) is 3.89. The maximum atomic E-state index is 12.3. The monoisotopic (exact) mass is 392 g/mol. The first-order chi connectivity index (χ1) is 11.4. The number of carbonyl (C=O) groups excluding carboxylic acids is 1. The van der Waals surface area contributed by atoms with Crippen LogP contribution in [0.15, 0.2) is 23.1 Å². The number of methoxy groups -OCH3 is 1. The predicted molar refractivity (Wildman–Crippen MR) is 97.9 cm³/mol. The standard InChI is InChI=1S/C15H24N4O4S.ClH/c1-23-14-4-3-12(24(16,21)22)11-13(14)15(20)18-5-2-8-19-9-6-17-7-10-19;/h3-4,11,17H,2,5-10H2,1H3,(H,18,20)(H2,16,21,22);1H. The minimum atomic E-state index is -3.87. The number of rotatable bonds is 7. The molecule has 1 heterocycles. The fourth-order valence-electron chi connectivity index (χ4n) is 2.58. The number of nitrogens with two attached hydrogens (primary N) is 1. The highest BCUT2D eigenvalue weighted by atomic mass is 35.5. The molecule has 10 heteroatoms. The van der Waals surface area contributed by atoms with Crippen LogP contribution in [0.4, 0.5) is 0 Å². The van der Waals surface area contributed by atoms with Gasteiger partial charge in [0, 0.05) is 32.7 Å². The first-order valence-electron chi connectivity index (χ1n) is 7.84. The van der Waals surface area contributed by atoms with Gasteiger partial charge in [0.15, 0.2) is 0 Å². The van der Waals surface area contributed by atoms with Crippen molar-refractivity contribution in [1.29, 1.82) is 0 Å². The van der Waals surface area contributed by atoms with Crippen LogP contribution < -0.4 is 20.5 Å². The van der Waals surface area contributed by atoms with Crippen LogP contribution in [0, 0.1) is 0 Å². The van der Waals surface area contributed by atoms with Crippen LogP contribution in [0.3, 0.4) is 0 Å². The number of carbonyl (C=O) groups is 1. The van der Waals surface area contributed by atoms with E-state index in [1.54, 1.807) is 0 Å². The van der Waals surface area contributed by atoms with Crippen molar-refractivity contribution in [1.82, 2.24) is 15.5 Å². The summed E-state index contributed by atoms with van der Waals surface area (Å²) in [7, 11) is -2.45. The Bertz CT molecular complexity index is 678. The molecular formula is C15H25ClN4O4S. The molecule has 1 aromatic rings. The second kappa shape index (κ2) is 9.93. The highest BCUT2D eigenvalue weighted by molar-refractivity contribution is 7.89. The topological polar surface area (TPSA) is 114 Å². The average Bonchev–Trinajstić information content (AvgIpc) is 2.58. The van der Waals surface area contributed by atoms with Crippen molar-refractivity contribution in [3.05, 3.63) is 23.8 Å². The molecule has 1 saturated heterocycles. The van der Waals surface area contributed by atoms with E-state index in [9.17, 15) is 13.2 Å². The van der Waals surface area contributed by atoms with Crippen LogP contribution >= 0.6 is 12.4 Å². The van der Waals surface area contributed by atoms with E-state index in [1.807, 2.05) is 0 Å². The van der Waals surface area contributed by atoms with Crippen molar-refractivity contribution in [3.8, 4) is 5.75 Å². The maximum Gasteiger partial charge on any atom is 0.255 e. The molecule has 2 rings (SSSR count). The number of primary sulfonamides is 1. The van der Waals surface area contributed by atoms with E-state index >= 15 is 0 Å². The lowest BCUT2D eigenvalue weighted by Crippen LogP contribution is -2.44. The number of sulfonamides is 1. The Morgan fingerprint density at radius 2 is 2.04 bits per heavy atom. The molecular weight excluding hydrogens is 368 g/mol.